The van der Waals surface area contributed by atoms with Crippen molar-refractivity contribution in [2.75, 3.05) is 19.0 Å². The number of carbonyl (C=O) groups is 1. The Morgan fingerprint density at radius 3 is 2.62 bits per heavy atom. The van der Waals surface area contributed by atoms with Crippen molar-refractivity contribution in [1.82, 2.24) is 4.90 Å². The molecule has 0 saturated heterocycles. The van der Waals surface area contributed by atoms with Crippen LogP contribution in [0.4, 0.5) is 0 Å². The molecule has 0 N–H and O–H groups in total. The number of halogens is 1. The van der Waals surface area contributed by atoms with E-state index in [-0.39, 0.29) is 0 Å². The fourth-order valence-electron chi connectivity index (χ4n) is 1.59. The van der Waals surface area contributed by atoms with E-state index in [0.717, 1.165) is 32.4 Å². The summed E-state index contributed by atoms with van der Waals surface area (Å²) in [5, 5.41) is 0. The van der Waals surface area contributed by atoms with Crippen molar-refractivity contribution in [3.8, 4) is 0 Å². The van der Waals surface area contributed by atoms with Crippen LogP contribution in [0, 0.1) is 5.92 Å². The highest BCUT2D eigenvalue weighted by atomic mass is 35.5. The molecule has 0 spiro atoms. The highest BCUT2D eigenvalue weighted by molar-refractivity contribution is 6.17. The molecule has 0 aromatic carbocycles. The number of rotatable bonds is 5. The molecule has 0 unspecified atom stereocenters. The molecule has 76 valence electrons. The lowest BCUT2D eigenvalue weighted by molar-refractivity contribution is -0.137. The molecule has 3 heteroatoms. The minimum Gasteiger partial charge on any atom is -0.343 e. The van der Waals surface area contributed by atoms with Gasteiger partial charge in [0.05, 0.1) is 0 Å². The number of hydrogen-bond donors (Lipinski definition) is 0. The Hall–Kier alpha value is -0.240. The van der Waals surface area contributed by atoms with E-state index in [2.05, 4.69) is 0 Å². The van der Waals surface area contributed by atoms with Gasteiger partial charge in [0, 0.05) is 24.9 Å². The zero-order valence-electron chi connectivity index (χ0n) is 8.26. The Bertz CT molecular complexity index is 168. The van der Waals surface area contributed by atoms with Crippen molar-refractivity contribution in [3.05, 3.63) is 0 Å². The largest absolute Gasteiger partial charge is 0.343 e. The van der Waals surface area contributed by atoms with Crippen LogP contribution in [0.25, 0.3) is 0 Å². The third-order valence-electron chi connectivity index (χ3n) is 2.71. The standard InChI is InChI=1S/C10H18ClNO/c1-2-12(8-4-7-11)10(13)9-5-3-6-9/h9H,2-8H2,1H3. The first-order valence-corrected chi connectivity index (χ1v) is 5.67. The SMILES string of the molecule is CCN(CCCCl)C(=O)C1CCC1. The molecule has 0 aromatic rings. The van der Waals surface area contributed by atoms with Crippen molar-refractivity contribution in [2.45, 2.75) is 32.6 Å². The van der Waals surface area contributed by atoms with Crippen LogP contribution in [-0.2, 0) is 4.79 Å². The quantitative estimate of drug-likeness (QED) is 0.628. The predicted octanol–water partition coefficient (Wildman–Crippen LogP) is 2.26. The van der Waals surface area contributed by atoms with Gasteiger partial charge < -0.3 is 4.90 Å². The van der Waals surface area contributed by atoms with E-state index in [1.54, 1.807) is 0 Å². The summed E-state index contributed by atoms with van der Waals surface area (Å²) >= 11 is 5.60. The van der Waals surface area contributed by atoms with Gasteiger partial charge >= 0.3 is 0 Å². The summed E-state index contributed by atoms with van der Waals surface area (Å²) in [6, 6.07) is 0. The van der Waals surface area contributed by atoms with E-state index in [1.807, 2.05) is 11.8 Å². The van der Waals surface area contributed by atoms with Gasteiger partial charge in [-0.3, -0.25) is 4.79 Å². The summed E-state index contributed by atoms with van der Waals surface area (Å²) in [7, 11) is 0. The van der Waals surface area contributed by atoms with Crippen LogP contribution in [0.2, 0.25) is 0 Å². The van der Waals surface area contributed by atoms with Crippen LogP contribution in [0.5, 0.6) is 0 Å². The summed E-state index contributed by atoms with van der Waals surface area (Å²) < 4.78 is 0. The third-order valence-corrected chi connectivity index (χ3v) is 2.98. The summed E-state index contributed by atoms with van der Waals surface area (Å²) in [6.45, 7) is 3.69. The van der Waals surface area contributed by atoms with E-state index >= 15 is 0 Å². The normalized spacial score (nSPS) is 16.8. The molecule has 1 amide bonds. The monoisotopic (exact) mass is 203 g/mol. The van der Waals surface area contributed by atoms with Crippen molar-refractivity contribution in [3.63, 3.8) is 0 Å². The van der Waals surface area contributed by atoms with Gasteiger partial charge in [-0.05, 0) is 26.2 Å². The van der Waals surface area contributed by atoms with Crippen LogP contribution in [-0.4, -0.2) is 29.8 Å². The third kappa shape index (κ3) is 2.87. The van der Waals surface area contributed by atoms with E-state index in [0.29, 0.717) is 17.7 Å². The maximum Gasteiger partial charge on any atom is 0.225 e. The summed E-state index contributed by atoms with van der Waals surface area (Å²) in [5.74, 6) is 1.32. The van der Waals surface area contributed by atoms with E-state index in [1.165, 1.54) is 6.42 Å². The number of carbonyl (C=O) groups excluding carboxylic acids is 1. The second kappa shape index (κ2) is 5.48. The van der Waals surface area contributed by atoms with Gasteiger partial charge in [-0.15, -0.1) is 11.6 Å². The first-order valence-electron chi connectivity index (χ1n) is 5.14. The molecular formula is C10H18ClNO. The minimum atomic E-state index is 0.329. The van der Waals surface area contributed by atoms with Crippen LogP contribution in [0.15, 0.2) is 0 Å². The smallest absolute Gasteiger partial charge is 0.225 e. The maximum atomic E-state index is 11.7. The molecule has 13 heavy (non-hydrogen) atoms. The second-order valence-electron chi connectivity index (χ2n) is 3.59. The zero-order valence-corrected chi connectivity index (χ0v) is 9.02. The van der Waals surface area contributed by atoms with Crippen molar-refractivity contribution in [1.29, 1.82) is 0 Å². The molecule has 0 bridgehead atoms. The highest BCUT2D eigenvalue weighted by Gasteiger charge is 2.28. The van der Waals surface area contributed by atoms with Crippen LogP contribution < -0.4 is 0 Å². The predicted molar refractivity (Wildman–Crippen MR) is 54.9 cm³/mol. The molecular weight excluding hydrogens is 186 g/mol. The molecule has 0 radical (unpaired) electrons. The van der Waals surface area contributed by atoms with Gasteiger partial charge in [0.15, 0.2) is 0 Å². The molecule has 0 aliphatic heterocycles. The van der Waals surface area contributed by atoms with Crippen LogP contribution >= 0.6 is 11.6 Å². The maximum absolute atomic E-state index is 11.7. The van der Waals surface area contributed by atoms with E-state index < -0.39 is 0 Å². The first-order chi connectivity index (χ1) is 6.29. The van der Waals surface area contributed by atoms with E-state index in [4.69, 9.17) is 11.6 Å². The lowest BCUT2D eigenvalue weighted by Crippen LogP contribution is -2.39. The topological polar surface area (TPSA) is 20.3 Å². The molecule has 1 fully saturated rings. The summed E-state index contributed by atoms with van der Waals surface area (Å²) in [4.78, 5) is 13.7. The Balaban J connectivity index is 2.30. The second-order valence-corrected chi connectivity index (χ2v) is 3.97. The molecule has 2 nitrogen and oxygen atoms in total. The molecule has 1 aliphatic carbocycles. The average Bonchev–Trinajstić information content (AvgIpc) is 2.02. The zero-order chi connectivity index (χ0) is 9.68. The van der Waals surface area contributed by atoms with Crippen molar-refractivity contribution in [2.24, 2.45) is 5.92 Å². The highest BCUT2D eigenvalue weighted by Crippen LogP contribution is 2.28. The first kappa shape index (κ1) is 10.8. The Labute approximate surface area is 85.2 Å². The number of nitrogens with zero attached hydrogens (tertiary/aromatic N) is 1. The van der Waals surface area contributed by atoms with Gasteiger partial charge in [-0.2, -0.15) is 0 Å². The fourth-order valence-corrected chi connectivity index (χ4v) is 1.71. The summed E-state index contributed by atoms with van der Waals surface area (Å²) in [5.41, 5.74) is 0. The van der Waals surface area contributed by atoms with Crippen LogP contribution in [0.1, 0.15) is 32.6 Å². The molecule has 0 heterocycles. The van der Waals surface area contributed by atoms with Gasteiger partial charge in [0.2, 0.25) is 5.91 Å². The van der Waals surface area contributed by atoms with Crippen LogP contribution in [0.3, 0.4) is 0 Å². The van der Waals surface area contributed by atoms with Gasteiger partial charge in [-0.1, -0.05) is 6.42 Å². The Morgan fingerprint density at radius 2 is 2.23 bits per heavy atom. The number of amides is 1. The average molecular weight is 204 g/mol. The lowest BCUT2D eigenvalue weighted by atomic mass is 9.84. The van der Waals surface area contributed by atoms with Gasteiger partial charge in [0.25, 0.3) is 0 Å². The fraction of sp³-hybridized carbons (Fsp3) is 0.900. The lowest BCUT2D eigenvalue weighted by Gasteiger charge is -2.30. The number of hydrogen-bond acceptors (Lipinski definition) is 1. The molecule has 1 rings (SSSR count). The van der Waals surface area contributed by atoms with Crippen molar-refractivity contribution >= 4 is 17.5 Å². The molecule has 1 aliphatic rings. The van der Waals surface area contributed by atoms with Crippen molar-refractivity contribution < 1.29 is 4.79 Å². The van der Waals surface area contributed by atoms with Gasteiger partial charge in [0.1, 0.15) is 0 Å². The molecule has 0 aromatic heterocycles. The Morgan fingerprint density at radius 1 is 1.54 bits per heavy atom. The van der Waals surface area contributed by atoms with Gasteiger partial charge in [-0.25, -0.2) is 0 Å². The number of alkyl halides is 1. The van der Waals surface area contributed by atoms with E-state index in [9.17, 15) is 4.79 Å². The minimum absolute atomic E-state index is 0.329. The Kier molecular flexibility index (Phi) is 4.57. The molecule has 1 saturated carbocycles. The summed E-state index contributed by atoms with van der Waals surface area (Å²) in [6.07, 6.45) is 4.32. The molecule has 0 atom stereocenters.